The van der Waals surface area contributed by atoms with Crippen LogP contribution < -0.4 is 24.8 Å². The van der Waals surface area contributed by atoms with Gasteiger partial charge in [-0.1, -0.05) is 0 Å². The summed E-state index contributed by atoms with van der Waals surface area (Å²) in [6.07, 6.45) is 5.44. The zero-order valence-electron chi connectivity index (χ0n) is 4.95. The molecule has 0 bridgehead atoms. The van der Waals surface area contributed by atoms with Crippen molar-refractivity contribution in [3.63, 3.8) is 0 Å². The summed E-state index contributed by atoms with van der Waals surface area (Å²) in [7, 11) is 0. The molecule has 0 aliphatic heterocycles. The van der Waals surface area contributed by atoms with Gasteiger partial charge in [0.25, 0.3) is 0 Å². The van der Waals surface area contributed by atoms with E-state index in [2.05, 4.69) is 37.4 Å². The molecular weight excluding hydrogens is 246 g/mol. The molecule has 0 saturated carbocycles. The number of hydrogen-bond acceptors (Lipinski definition) is 0. The predicted molar refractivity (Wildman–Crippen MR) is 26.5 cm³/mol. The Labute approximate surface area is 78.3 Å². The van der Waals surface area contributed by atoms with E-state index in [1.165, 1.54) is 9.74 Å². The minimum atomic E-state index is 0. The fourth-order valence-corrected chi connectivity index (χ4v) is 0.911. The second-order valence-corrected chi connectivity index (χ2v) is 2.66. The zero-order chi connectivity index (χ0) is 5.28. The second kappa shape index (κ2) is 5.47. The molecule has 0 aromatic carbocycles. The van der Waals surface area contributed by atoms with Gasteiger partial charge in [-0.3, -0.25) is 0 Å². The van der Waals surface area contributed by atoms with E-state index in [0.717, 1.165) is 6.42 Å². The van der Waals surface area contributed by atoms with Crippen LogP contribution in [0.15, 0.2) is 21.9 Å². The Morgan fingerprint density at radius 3 is 2.11 bits per heavy atom. The van der Waals surface area contributed by atoms with Gasteiger partial charge in [0, 0.05) is 0 Å². The minimum Gasteiger partial charge on any atom is -1.00 e. The first-order valence-corrected chi connectivity index (χ1v) is 3.12. The van der Waals surface area contributed by atoms with Gasteiger partial charge < -0.3 is 24.8 Å². The molecular formula is C6H7Cl2Rh. The van der Waals surface area contributed by atoms with Gasteiger partial charge in [-0.2, -0.15) is 0 Å². The van der Waals surface area contributed by atoms with Crippen molar-refractivity contribution in [3.8, 4) is 0 Å². The molecule has 1 rings (SSSR count). The molecule has 0 radical (unpaired) electrons. The second-order valence-electron chi connectivity index (χ2n) is 1.67. The third kappa shape index (κ3) is 3.40. The summed E-state index contributed by atoms with van der Waals surface area (Å²) in [5, 5.41) is 0. The van der Waals surface area contributed by atoms with Gasteiger partial charge in [-0.05, 0) is 0 Å². The van der Waals surface area contributed by atoms with Gasteiger partial charge in [0.1, 0.15) is 0 Å². The molecule has 1 aliphatic carbocycles. The maximum Gasteiger partial charge on any atom is -1.00 e. The first kappa shape index (κ1) is 12.4. The van der Waals surface area contributed by atoms with E-state index < -0.39 is 0 Å². The number of rotatable bonds is 0. The molecule has 0 aromatic heterocycles. The van der Waals surface area contributed by atoms with Gasteiger partial charge in [-0.15, -0.1) is 0 Å². The van der Waals surface area contributed by atoms with E-state index in [-0.39, 0.29) is 24.8 Å². The first-order valence-electron chi connectivity index (χ1n) is 2.30. The van der Waals surface area contributed by atoms with Crippen molar-refractivity contribution in [2.45, 2.75) is 13.3 Å². The maximum atomic E-state index is 2.91. The molecule has 0 atom stereocenters. The Bertz CT molecular complexity index is 138. The third-order valence-electron chi connectivity index (χ3n) is 1.07. The van der Waals surface area contributed by atoms with E-state index in [4.69, 9.17) is 0 Å². The third-order valence-corrected chi connectivity index (χ3v) is 2.05. The molecule has 54 valence electrons. The summed E-state index contributed by atoms with van der Waals surface area (Å²) in [4.78, 5) is 0. The van der Waals surface area contributed by atoms with E-state index >= 15 is 0 Å². The summed E-state index contributed by atoms with van der Waals surface area (Å²) in [6.45, 7) is 2.12. The fraction of sp³-hybridized carbons (Fsp3) is 0.333. The largest absolute Gasteiger partial charge is 1.00 e. The van der Waals surface area contributed by atoms with Crippen molar-refractivity contribution in [1.82, 2.24) is 0 Å². The average Bonchev–Trinajstić information content (AvgIpc) is 1.91. The van der Waals surface area contributed by atoms with Crippen molar-refractivity contribution in [2.75, 3.05) is 0 Å². The van der Waals surface area contributed by atoms with Crippen LogP contribution >= 0.6 is 0 Å². The van der Waals surface area contributed by atoms with Gasteiger partial charge >= 0.3 is 53.5 Å². The van der Waals surface area contributed by atoms with Crippen molar-refractivity contribution in [2.24, 2.45) is 0 Å². The number of halogens is 2. The zero-order valence-corrected chi connectivity index (χ0v) is 8.10. The van der Waals surface area contributed by atoms with Crippen LogP contribution in [0.1, 0.15) is 13.3 Å². The molecule has 0 nitrogen and oxygen atoms in total. The Morgan fingerprint density at radius 2 is 2.00 bits per heavy atom. The molecule has 9 heavy (non-hydrogen) atoms. The van der Waals surface area contributed by atoms with Gasteiger partial charge in [-0.25, -0.2) is 0 Å². The van der Waals surface area contributed by atoms with Crippen LogP contribution in [0.3, 0.4) is 0 Å². The van der Waals surface area contributed by atoms with Gasteiger partial charge in [0.05, 0.1) is 0 Å². The molecule has 0 unspecified atom stereocenters. The molecule has 0 heterocycles. The van der Waals surface area contributed by atoms with E-state index in [0.29, 0.717) is 0 Å². The molecule has 0 amide bonds. The smallest absolute Gasteiger partial charge is 1.00 e. The van der Waals surface area contributed by atoms with Crippen LogP contribution in [0.5, 0.6) is 0 Å². The monoisotopic (exact) mass is 252 g/mol. The van der Waals surface area contributed by atoms with Gasteiger partial charge in [0.2, 0.25) is 0 Å². The fourth-order valence-electron chi connectivity index (χ4n) is 0.582. The van der Waals surface area contributed by atoms with Crippen molar-refractivity contribution >= 4 is 0 Å². The SMILES string of the molecule is CC1=[C]([Rh+2])CC=C1.[Cl-].[Cl-]. The summed E-state index contributed by atoms with van der Waals surface area (Å²) < 4.78 is 1.40. The summed E-state index contributed by atoms with van der Waals surface area (Å²) in [6, 6.07) is 0. The van der Waals surface area contributed by atoms with Crippen LogP contribution in [0.25, 0.3) is 0 Å². The Kier molecular flexibility index (Phi) is 7.51. The predicted octanol–water partition coefficient (Wildman–Crippen LogP) is -4.22. The minimum absolute atomic E-state index is 0. The average molecular weight is 253 g/mol. The van der Waals surface area contributed by atoms with E-state index in [9.17, 15) is 0 Å². The molecule has 0 saturated heterocycles. The molecule has 0 fully saturated rings. The Morgan fingerprint density at radius 1 is 1.44 bits per heavy atom. The maximum absolute atomic E-state index is 2.91. The first-order chi connectivity index (χ1) is 3.30. The van der Waals surface area contributed by atoms with E-state index in [1.54, 1.807) is 0 Å². The summed E-state index contributed by atoms with van der Waals surface area (Å²) in [5.41, 5.74) is 1.40. The molecule has 0 N–H and O–H groups in total. The quantitative estimate of drug-likeness (QED) is 0.384. The topological polar surface area (TPSA) is 0 Å². The molecule has 0 aromatic rings. The molecule has 3 heteroatoms. The van der Waals surface area contributed by atoms with Crippen molar-refractivity contribution < 1.29 is 43.1 Å². The Hall–Kier alpha value is 0.683. The molecule has 0 spiro atoms. The molecule has 1 aliphatic rings. The van der Waals surface area contributed by atoms with E-state index in [1.807, 2.05) is 0 Å². The van der Waals surface area contributed by atoms with Crippen LogP contribution in [0.2, 0.25) is 0 Å². The normalized spacial score (nSPS) is 14.9. The number of hydrogen-bond donors (Lipinski definition) is 0. The summed E-state index contributed by atoms with van der Waals surface area (Å²) >= 11 is 2.91. The summed E-state index contributed by atoms with van der Waals surface area (Å²) in [5.74, 6) is 0. The van der Waals surface area contributed by atoms with Crippen molar-refractivity contribution in [1.29, 1.82) is 0 Å². The standard InChI is InChI=1S/C6H7.2ClH.Rh/c1-6-4-2-3-5-6;;;/h2,4H,3H2,1H3;2*1H;/q;;;+2/p-2. The Balaban J connectivity index is 0. The van der Waals surface area contributed by atoms with Gasteiger partial charge in [0.15, 0.2) is 0 Å². The van der Waals surface area contributed by atoms with Crippen LogP contribution in [-0.4, -0.2) is 0 Å². The van der Waals surface area contributed by atoms with Crippen LogP contribution in [0.4, 0.5) is 0 Å². The van der Waals surface area contributed by atoms with Crippen LogP contribution in [0, 0.1) is 0 Å². The van der Waals surface area contributed by atoms with Crippen molar-refractivity contribution in [3.05, 3.63) is 21.9 Å². The van der Waals surface area contributed by atoms with Crippen LogP contribution in [-0.2, 0) is 18.3 Å². The number of allylic oxidation sites excluding steroid dienone is 4.